The van der Waals surface area contributed by atoms with Crippen LogP contribution in [0.5, 0.6) is 11.6 Å². The van der Waals surface area contributed by atoms with Gasteiger partial charge in [-0.1, -0.05) is 0 Å². The minimum absolute atomic E-state index is 0.186. The summed E-state index contributed by atoms with van der Waals surface area (Å²) < 4.78 is 7.30. The number of benzene rings is 1. The maximum atomic E-state index is 11.5. The molecule has 0 fully saturated rings. The summed E-state index contributed by atoms with van der Waals surface area (Å²) in [5, 5.41) is 6.72. The Morgan fingerprint density at radius 3 is 2.68 bits per heavy atom. The van der Waals surface area contributed by atoms with Gasteiger partial charge in [0.05, 0.1) is 11.4 Å². The summed E-state index contributed by atoms with van der Waals surface area (Å²) >= 11 is 0. The molecule has 0 aliphatic rings. The fraction of sp³-hybridized carbons (Fsp3) is 0.231. The highest BCUT2D eigenvalue weighted by Gasteiger charge is 2.10. The van der Waals surface area contributed by atoms with Gasteiger partial charge in [-0.25, -0.2) is 4.68 Å². The number of nitrogens with zero attached hydrogens (tertiary/aromatic N) is 2. The molecule has 0 spiro atoms. The number of aryl methyl sites for hydroxylation is 2. The quantitative estimate of drug-likeness (QED) is 0.818. The Hall–Kier alpha value is -2.50. The van der Waals surface area contributed by atoms with Crippen molar-refractivity contribution in [3.63, 3.8) is 0 Å². The summed E-state index contributed by atoms with van der Waals surface area (Å²) in [5.41, 5.74) is 7.64. The number of anilines is 1. The fourth-order valence-corrected chi connectivity index (χ4v) is 1.72. The molecule has 100 valence electrons. The summed E-state index contributed by atoms with van der Waals surface area (Å²) in [6, 6.07) is 6.72. The molecule has 0 unspecified atom stereocenters. The Morgan fingerprint density at radius 2 is 2.16 bits per heavy atom. The molecule has 6 heteroatoms. The van der Waals surface area contributed by atoms with E-state index in [2.05, 4.69) is 10.4 Å². The average molecular weight is 260 g/mol. The molecule has 2 aromatic rings. The molecule has 1 amide bonds. The number of nitrogens with one attached hydrogen (secondary N) is 1. The third kappa shape index (κ3) is 2.67. The van der Waals surface area contributed by atoms with Crippen LogP contribution in [-0.2, 0) is 7.05 Å². The first-order valence-electron chi connectivity index (χ1n) is 5.81. The highest BCUT2D eigenvalue weighted by atomic mass is 16.5. The summed E-state index contributed by atoms with van der Waals surface area (Å²) in [4.78, 5) is 11.5. The predicted molar refractivity (Wildman–Crippen MR) is 72.3 cm³/mol. The SMILES string of the molecule is CNC(=O)c1ccc(Oc2cc(C)nn2C)c(N)c1. The first-order valence-corrected chi connectivity index (χ1v) is 5.81. The van der Waals surface area contributed by atoms with E-state index in [9.17, 15) is 4.79 Å². The smallest absolute Gasteiger partial charge is 0.251 e. The van der Waals surface area contributed by atoms with Gasteiger partial charge in [0.2, 0.25) is 5.88 Å². The summed E-state index contributed by atoms with van der Waals surface area (Å²) in [6.07, 6.45) is 0. The molecule has 1 heterocycles. The molecular weight excluding hydrogens is 244 g/mol. The molecule has 3 N–H and O–H groups in total. The lowest BCUT2D eigenvalue weighted by atomic mass is 10.2. The third-order valence-corrected chi connectivity index (χ3v) is 2.67. The van der Waals surface area contributed by atoms with Gasteiger partial charge in [0.25, 0.3) is 5.91 Å². The molecule has 0 saturated heterocycles. The van der Waals surface area contributed by atoms with E-state index in [0.717, 1.165) is 5.69 Å². The third-order valence-electron chi connectivity index (χ3n) is 2.67. The van der Waals surface area contributed by atoms with Crippen molar-refractivity contribution in [2.24, 2.45) is 7.05 Å². The van der Waals surface area contributed by atoms with Crippen LogP contribution in [0.2, 0.25) is 0 Å². The van der Waals surface area contributed by atoms with Crippen LogP contribution < -0.4 is 15.8 Å². The molecule has 1 aromatic heterocycles. The van der Waals surface area contributed by atoms with E-state index >= 15 is 0 Å². The van der Waals surface area contributed by atoms with Gasteiger partial charge in [-0.05, 0) is 25.1 Å². The van der Waals surface area contributed by atoms with Gasteiger partial charge in [-0.2, -0.15) is 5.10 Å². The summed E-state index contributed by atoms with van der Waals surface area (Å²) in [5.74, 6) is 0.905. The maximum Gasteiger partial charge on any atom is 0.251 e. The van der Waals surface area contributed by atoms with Crippen molar-refractivity contribution in [3.8, 4) is 11.6 Å². The molecule has 0 bridgehead atoms. The van der Waals surface area contributed by atoms with Crippen molar-refractivity contribution < 1.29 is 9.53 Å². The second-order valence-corrected chi connectivity index (χ2v) is 4.18. The van der Waals surface area contributed by atoms with Gasteiger partial charge in [0.1, 0.15) is 0 Å². The van der Waals surface area contributed by atoms with Gasteiger partial charge in [0, 0.05) is 25.7 Å². The molecule has 0 atom stereocenters. The molecule has 0 saturated carbocycles. The van der Waals surface area contributed by atoms with E-state index in [1.165, 1.54) is 0 Å². The number of ether oxygens (including phenoxy) is 1. The zero-order chi connectivity index (χ0) is 14.0. The Morgan fingerprint density at radius 1 is 1.42 bits per heavy atom. The summed E-state index contributed by atoms with van der Waals surface area (Å²) in [7, 11) is 3.36. The van der Waals surface area contributed by atoms with Crippen LogP contribution in [0.1, 0.15) is 16.1 Å². The van der Waals surface area contributed by atoms with Crippen LogP contribution in [0.15, 0.2) is 24.3 Å². The van der Waals surface area contributed by atoms with E-state index < -0.39 is 0 Å². The molecular formula is C13H16N4O2. The number of rotatable bonds is 3. The van der Waals surface area contributed by atoms with Gasteiger partial charge < -0.3 is 15.8 Å². The van der Waals surface area contributed by atoms with Crippen molar-refractivity contribution in [2.75, 3.05) is 12.8 Å². The van der Waals surface area contributed by atoms with Crippen LogP contribution in [0.25, 0.3) is 0 Å². The average Bonchev–Trinajstić information content (AvgIpc) is 2.69. The van der Waals surface area contributed by atoms with Crippen LogP contribution in [0, 0.1) is 6.92 Å². The standard InChI is InChI=1S/C13H16N4O2/c1-8-6-12(17(3)16-8)19-11-5-4-9(7-10(11)14)13(18)15-2/h4-7H,14H2,1-3H3,(H,15,18). The summed E-state index contributed by atoms with van der Waals surface area (Å²) in [6.45, 7) is 1.88. The second kappa shape index (κ2) is 5.01. The minimum atomic E-state index is -0.186. The molecule has 6 nitrogen and oxygen atoms in total. The largest absolute Gasteiger partial charge is 0.437 e. The van der Waals surface area contributed by atoms with Gasteiger partial charge >= 0.3 is 0 Å². The van der Waals surface area contributed by atoms with Crippen molar-refractivity contribution in [2.45, 2.75) is 6.92 Å². The van der Waals surface area contributed by atoms with Crippen molar-refractivity contribution in [1.29, 1.82) is 0 Å². The van der Waals surface area contributed by atoms with Crippen LogP contribution in [0.4, 0.5) is 5.69 Å². The van der Waals surface area contributed by atoms with Gasteiger partial charge in [-0.3, -0.25) is 4.79 Å². The number of nitrogen functional groups attached to an aromatic ring is 1. The molecule has 0 aliphatic heterocycles. The predicted octanol–water partition coefficient (Wildman–Crippen LogP) is 1.46. The Labute approximate surface area is 111 Å². The Bertz CT molecular complexity index is 619. The first kappa shape index (κ1) is 12.9. The zero-order valence-electron chi connectivity index (χ0n) is 11.1. The normalized spacial score (nSPS) is 10.3. The highest BCUT2D eigenvalue weighted by Crippen LogP contribution is 2.28. The van der Waals surface area contributed by atoms with Gasteiger partial charge in [-0.15, -0.1) is 0 Å². The van der Waals surface area contributed by atoms with E-state index in [1.807, 2.05) is 13.0 Å². The second-order valence-electron chi connectivity index (χ2n) is 4.18. The van der Waals surface area contributed by atoms with E-state index in [-0.39, 0.29) is 5.91 Å². The van der Waals surface area contributed by atoms with Crippen molar-refractivity contribution in [1.82, 2.24) is 15.1 Å². The highest BCUT2D eigenvalue weighted by molar-refractivity contribution is 5.95. The Balaban J connectivity index is 2.27. The van der Waals surface area contributed by atoms with E-state index in [0.29, 0.717) is 22.9 Å². The van der Waals surface area contributed by atoms with E-state index in [4.69, 9.17) is 10.5 Å². The van der Waals surface area contributed by atoms with Crippen LogP contribution in [0.3, 0.4) is 0 Å². The molecule has 2 rings (SSSR count). The molecule has 0 aliphatic carbocycles. The number of carbonyl (C=O) groups is 1. The van der Waals surface area contributed by atoms with Crippen molar-refractivity contribution in [3.05, 3.63) is 35.5 Å². The number of hydrogen-bond donors (Lipinski definition) is 2. The number of aromatic nitrogens is 2. The maximum absolute atomic E-state index is 11.5. The lowest BCUT2D eigenvalue weighted by molar-refractivity contribution is 0.0963. The monoisotopic (exact) mass is 260 g/mol. The van der Waals surface area contributed by atoms with E-state index in [1.54, 1.807) is 37.0 Å². The Kier molecular flexibility index (Phi) is 3.41. The van der Waals surface area contributed by atoms with Crippen LogP contribution in [-0.4, -0.2) is 22.7 Å². The lowest BCUT2D eigenvalue weighted by Crippen LogP contribution is -2.17. The molecule has 19 heavy (non-hydrogen) atoms. The van der Waals surface area contributed by atoms with Crippen molar-refractivity contribution >= 4 is 11.6 Å². The number of nitrogens with two attached hydrogens (primary N) is 1. The number of amides is 1. The number of carbonyl (C=O) groups excluding carboxylic acids is 1. The first-order chi connectivity index (χ1) is 9.01. The lowest BCUT2D eigenvalue weighted by Gasteiger charge is -2.09. The minimum Gasteiger partial charge on any atom is -0.437 e. The topological polar surface area (TPSA) is 82.2 Å². The number of hydrogen-bond acceptors (Lipinski definition) is 4. The molecule has 1 aromatic carbocycles. The fourth-order valence-electron chi connectivity index (χ4n) is 1.72. The van der Waals surface area contributed by atoms with Gasteiger partial charge in [0.15, 0.2) is 5.75 Å². The zero-order valence-corrected chi connectivity index (χ0v) is 11.1. The van der Waals surface area contributed by atoms with Crippen LogP contribution >= 0.6 is 0 Å². The molecule has 0 radical (unpaired) electrons.